The first-order valence-corrected chi connectivity index (χ1v) is 7.56. The molecule has 0 aliphatic heterocycles. The maximum atomic E-state index is 14.0. The Morgan fingerprint density at radius 3 is 2.87 bits per heavy atom. The number of aromatic nitrogens is 2. The molecule has 3 rings (SSSR count). The first-order valence-electron chi connectivity index (χ1n) is 7.56. The third kappa shape index (κ3) is 3.38. The van der Waals surface area contributed by atoms with E-state index in [-0.39, 0.29) is 24.1 Å². The molecule has 7 heteroatoms. The first-order chi connectivity index (χ1) is 10.7. The van der Waals surface area contributed by atoms with E-state index < -0.39 is 0 Å². The fourth-order valence-electron chi connectivity index (χ4n) is 2.83. The molecule has 1 aromatic carbocycles. The van der Waals surface area contributed by atoms with Gasteiger partial charge in [0.05, 0.1) is 0 Å². The molecule has 0 spiro atoms. The van der Waals surface area contributed by atoms with Crippen molar-refractivity contribution in [3.8, 4) is 5.69 Å². The zero-order valence-corrected chi connectivity index (χ0v) is 13.5. The molecule has 0 saturated carbocycles. The lowest BCUT2D eigenvalue weighted by atomic mass is 10.2. The number of nitrogens with one attached hydrogen (secondary N) is 1. The summed E-state index contributed by atoms with van der Waals surface area (Å²) in [4.78, 5) is 12.3. The van der Waals surface area contributed by atoms with Crippen LogP contribution in [0, 0.1) is 5.82 Å². The second kappa shape index (κ2) is 7.57. The lowest BCUT2D eigenvalue weighted by Gasteiger charge is -2.06. The van der Waals surface area contributed by atoms with Gasteiger partial charge < -0.3 is 11.1 Å². The van der Waals surface area contributed by atoms with E-state index in [0.29, 0.717) is 24.5 Å². The minimum absolute atomic E-state index is 0. The van der Waals surface area contributed by atoms with E-state index in [4.69, 9.17) is 5.73 Å². The van der Waals surface area contributed by atoms with Gasteiger partial charge in [-0.25, -0.2) is 9.07 Å². The number of para-hydroxylation sites is 1. The monoisotopic (exact) mass is 338 g/mol. The molecule has 0 saturated heterocycles. The topological polar surface area (TPSA) is 72.9 Å². The second-order valence-electron chi connectivity index (χ2n) is 5.39. The van der Waals surface area contributed by atoms with Gasteiger partial charge in [-0.05, 0) is 44.4 Å². The molecule has 0 radical (unpaired) electrons. The number of carbonyl (C=O) groups excluding carboxylic acids is 1. The maximum Gasteiger partial charge on any atom is 0.272 e. The summed E-state index contributed by atoms with van der Waals surface area (Å²) in [7, 11) is 0. The summed E-state index contributed by atoms with van der Waals surface area (Å²) in [5.41, 5.74) is 8.11. The summed E-state index contributed by atoms with van der Waals surface area (Å²) < 4.78 is 15.6. The van der Waals surface area contributed by atoms with Crippen LogP contribution >= 0.6 is 12.4 Å². The summed E-state index contributed by atoms with van der Waals surface area (Å²) in [6.07, 6.45) is 3.31. The first kappa shape index (κ1) is 17.4. The third-order valence-electron chi connectivity index (χ3n) is 3.89. The number of carbonyl (C=O) groups is 1. The number of rotatable bonds is 5. The number of amides is 1. The third-order valence-corrected chi connectivity index (χ3v) is 3.89. The van der Waals surface area contributed by atoms with E-state index in [0.717, 1.165) is 36.9 Å². The average Bonchev–Trinajstić information content (AvgIpc) is 3.10. The second-order valence-corrected chi connectivity index (χ2v) is 5.39. The summed E-state index contributed by atoms with van der Waals surface area (Å²) >= 11 is 0. The molecule has 0 unspecified atom stereocenters. The highest BCUT2D eigenvalue weighted by Gasteiger charge is 2.27. The molecule has 3 N–H and O–H groups in total. The smallest absolute Gasteiger partial charge is 0.272 e. The fourth-order valence-corrected chi connectivity index (χ4v) is 2.83. The van der Waals surface area contributed by atoms with Crippen molar-refractivity contribution in [3.63, 3.8) is 0 Å². The zero-order chi connectivity index (χ0) is 15.5. The molecule has 0 fully saturated rings. The van der Waals surface area contributed by atoms with Crippen LogP contribution in [0.25, 0.3) is 5.69 Å². The van der Waals surface area contributed by atoms with E-state index in [9.17, 15) is 9.18 Å². The van der Waals surface area contributed by atoms with E-state index in [1.807, 2.05) is 0 Å². The van der Waals surface area contributed by atoms with Crippen molar-refractivity contribution < 1.29 is 9.18 Å². The van der Waals surface area contributed by atoms with E-state index >= 15 is 0 Å². The molecular weight excluding hydrogens is 319 g/mol. The Balaban J connectivity index is 0.00000192. The van der Waals surface area contributed by atoms with Crippen molar-refractivity contribution >= 4 is 18.3 Å². The Labute approximate surface area is 140 Å². The van der Waals surface area contributed by atoms with Crippen LogP contribution in [-0.4, -0.2) is 28.8 Å². The summed E-state index contributed by atoms with van der Waals surface area (Å²) in [5, 5.41) is 7.20. The van der Waals surface area contributed by atoms with E-state index in [1.165, 1.54) is 6.07 Å². The lowest BCUT2D eigenvalue weighted by molar-refractivity contribution is 0.0947. The fraction of sp³-hybridized carbons (Fsp3) is 0.375. The normalized spacial score (nSPS) is 12.6. The predicted molar refractivity (Wildman–Crippen MR) is 88.8 cm³/mol. The largest absolute Gasteiger partial charge is 0.351 e. The lowest BCUT2D eigenvalue weighted by Crippen LogP contribution is -2.27. The van der Waals surface area contributed by atoms with E-state index in [1.54, 1.807) is 22.9 Å². The van der Waals surface area contributed by atoms with Crippen LogP contribution in [0.15, 0.2) is 24.3 Å². The molecule has 0 bridgehead atoms. The van der Waals surface area contributed by atoms with Crippen LogP contribution in [0.2, 0.25) is 0 Å². The molecular formula is C16H20ClFN4O. The maximum absolute atomic E-state index is 14.0. The van der Waals surface area contributed by atoms with Gasteiger partial charge in [0.25, 0.3) is 5.91 Å². The van der Waals surface area contributed by atoms with Gasteiger partial charge in [-0.2, -0.15) is 5.10 Å². The van der Waals surface area contributed by atoms with Crippen LogP contribution in [-0.2, 0) is 12.8 Å². The molecule has 5 nitrogen and oxygen atoms in total. The highest BCUT2D eigenvalue weighted by Crippen LogP contribution is 2.28. The van der Waals surface area contributed by atoms with Crippen molar-refractivity contribution in [2.45, 2.75) is 25.7 Å². The SMILES string of the molecule is Cl.NCCCNC(=O)c1nn(-c2ccccc2F)c2c1CCC2. The van der Waals surface area contributed by atoms with Gasteiger partial charge in [0, 0.05) is 17.8 Å². The number of halogens is 2. The molecule has 0 atom stereocenters. The van der Waals surface area contributed by atoms with Gasteiger partial charge >= 0.3 is 0 Å². The van der Waals surface area contributed by atoms with Crippen molar-refractivity contribution in [2.75, 3.05) is 13.1 Å². The summed E-state index contributed by atoms with van der Waals surface area (Å²) in [5.74, 6) is -0.545. The summed E-state index contributed by atoms with van der Waals surface area (Å²) in [6, 6.07) is 6.49. The van der Waals surface area contributed by atoms with Gasteiger partial charge in [0.15, 0.2) is 5.69 Å². The quantitative estimate of drug-likeness (QED) is 0.819. The Hall–Kier alpha value is -1.92. The van der Waals surface area contributed by atoms with Crippen molar-refractivity contribution in [2.24, 2.45) is 5.73 Å². The van der Waals surface area contributed by atoms with Crippen LogP contribution in [0.1, 0.15) is 34.6 Å². The van der Waals surface area contributed by atoms with Gasteiger partial charge in [0.2, 0.25) is 0 Å². The van der Waals surface area contributed by atoms with Crippen LogP contribution in [0.4, 0.5) is 4.39 Å². The molecule has 1 amide bonds. The molecule has 23 heavy (non-hydrogen) atoms. The minimum Gasteiger partial charge on any atom is -0.351 e. The number of nitrogens with zero attached hydrogens (tertiary/aromatic N) is 2. The predicted octanol–water partition coefficient (Wildman–Crippen LogP) is 2.00. The average molecular weight is 339 g/mol. The number of nitrogens with two attached hydrogens (primary N) is 1. The molecule has 124 valence electrons. The number of benzene rings is 1. The number of hydrogen-bond acceptors (Lipinski definition) is 3. The molecule has 1 aliphatic rings. The Morgan fingerprint density at radius 1 is 1.35 bits per heavy atom. The Bertz CT molecular complexity index is 701. The van der Waals surface area contributed by atoms with Crippen LogP contribution < -0.4 is 11.1 Å². The molecule has 1 heterocycles. The number of hydrogen-bond donors (Lipinski definition) is 2. The standard InChI is InChI=1S/C16H19FN4O.ClH/c17-12-6-1-2-7-14(12)21-13-8-3-5-11(13)15(20-21)16(22)19-10-4-9-18;/h1-2,6-7H,3-5,8-10,18H2,(H,19,22);1H. The van der Waals surface area contributed by atoms with Gasteiger partial charge in [-0.1, -0.05) is 12.1 Å². The molecule has 1 aromatic heterocycles. The highest BCUT2D eigenvalue weighted by atomic mass is 35.5. The molecule has 2 aromatic rings. The Morgan fingerprint density at radius 2 is 2.13 bits per heavy atom. The van der Waals surface area contributed by atoms with Crippen LogP contribution in [0.5, 0.6) is 0 Å². The Kier molecular flexibility index (Phi) is 5.74. The molecule has 1 aliphatic carbocycles. The van der Waals surface area contributed by atoms with E-state index in [2.05, 4.69) is 10.4 Å². The van der Waals surface area contributed by atoms with Crippen molar-refractivity contribution in [1.82, 2.24) is 15.1 Å². The van der Waals surface area contributed by atoms with Crippen LogP contribution in [0.3, 0.4) is 0 Å². The zero-order valence-electron chi connectivity index (χ0n) is 12.7. The summed E-state index contributed by atoms with van der Waals surface area (Å²) in [6.45, 7) is 1.05. The highest BCUT2D eigenvalue weighted by molar-refractivity contribution is 5.94. The van der Waals surface area contributed by atoms with Crippen molar-refractivity contribution in [1.29, 1.82) is 0 Å². The number of fused-ring (bicyclic) bond motifs is 1. The van der Waals surface area contributed by atoms with Gasteiger partial charge in [0.1, 0.15) is 11.5 Å². The van der Waals surface area contributed by atoms with Crippen molar-refractivity contribution in [3.05, 3.63) is 47.0 Å². The van der Waals surface area contributed by atoms with Gasteiger partial charge in [-0.3, -0.25) is 4.79 Å². The van der Waals surface area contributed by atoms with Gasteiger partial charge in [-0.15, -0.1) is 12.4 Å². The minimum atomic E-state index is -0.338.